The van der Waals surface area contributed by atoms with E-state index in [2.05, 4.69) is 136 Å². The first kappa shape index (κ1) is 18.2. The Balaban J connectivity index is 1.63. The van der Waals surface area contributed by atoms with E-state index in [-0.39, 0.29) is 10.6 Å². The minimum absolute atomic E-state index is 0.0174. The molecule has 2 aliphatic heterocycles. The van der Waals surface area contributed by atoms with E-state index in [9.17, 15) is 0 Å². The van der Waals surface area contributed by atoms with Crippen LogP contribution in [0.5, 0.6) is 0 Å². The maximum atomic E-state index is 3.92. The minimum atomic E-state index is -1.81. The van der Waals surface area contributed by atoms with Crippen LogP contribution < -0.4 is 5.30 Å². The summed E-state index contributed by atoms with van der Waals surface area (Å²) in [5.74, 6) is 0.476. The summed E-state index contributed by atoms with van der Waals surface area (Å²) in [4.78, 5) is 0. The van der Waals surface area contributed by atoms with Crippen molar-refractivity contribution < 1.29 is 0 Å². The fraction of sp³-hybridized carbons (Fsp3) is 0.103. The molecule has 4 atom stereocenters. The topological polar surface area (TPSA) is 0 Å². The van der Waals surface area contributed by atoms with Gasteiger partial charge in [0.1, 0.15) is 0 Å². The van der Waals surface area contributed by atoms with Gasteiger partial charge in [0.2, 0.25) is 0 Å². The van der Waals surface area contributed by atoms with Crippen LogP contribution in [0.15, 0.2) is 121 Å². The van der Waals surface area contributed by atoms with Crippen molar-refractivity contribution in [1.82, 2.24) is 0 Å². The van der Waals surface area contributed by atoms with Crippen LogP contribution >= 0.6 is 5.51 Å². The molecule has 31 heavy (non-hydrogen) atoms. The fourth-order valence-electron chi connectivity index (χ4n) is 6.83. The summed E-state index contributed by atoms with van der Waals surface area (Å²) in [6.07, 6.45) is 2.64. The van der Waals surface area contributed by atoms with Gasteiger partial charge >= 0.3 is 191 Å². The van der Waals surface area contributed by atoms with Crippen molar-refractivity contribution in [3.05, 3.63) is 144 Å². The SMILES string of the molecule is [Se]=[P@@]12C(c3ccccc3)=C[C@H]3[C@@](c4ccccc4)(c4ccccc41)[C@]32c1ccccc1. The van der Waals surface area contributed by atoms with Gasteiger partial charge in [-0.1, -0.05) is 0 Å². The Kier molecular flexibility index (Phi) is 3.56. The Hall–Kier alpha value is -2.43. The first-order chi connectivity index (χ1) is 15.3. The molecule has 1 aliphatic carbocycles. The van der Waals surface area contributed by atoms with Crippen LogP contribution in [0, 0.1) is 5.92 Å². The first-order valence-electron chi connectivity index (χ1n) is 10.9. The number of hydrogen-bond donors (Lipinski definition) is 0. The van der Waals surface area contributed by atoms with Gasteiger partial charge in [0.15, 0.2) is 0 Å². The summed E-state index contributed by atoms with van der Waals surface area (Å²) in [7, 11) is 0. The van der Waals surface area contributed by atoms with E-state index < -0.39 is 5.51 Å². The number of allylic oxidation sites excluding steroid dienone is 1. The van der Waals surface area contributed by atoms with Gasteiger partial charge in [0.05, 0.1) is 0 Å². The fourth-order valence-corrected chi connectivity index (χ4v) is 15.9. The van der Waals surface area contributed by atoms with Gasteiger partial charge < -0.3 is 0 Å². The molecule has 0 saturated heterocycles. The summed E-state index contributed by atoms with van der Waals surface area (Å²) in [5.41, 5.74) is 4.04. The normalized spacial score (nSPS) is 31.6. The molecule has 0 N–H and O–H groups in total. The molecular weight excluding hydrogens is 458 g/mol. The summed E-state index contributed by atoms with van der Waals surface area (Å²) >= 11 is 3.92. The molecule has 0 spiro atoms. The van der Waals surface area contributed by atoms with E-state index in [0.29, 0.717) is 5.92 Å². The zero-order valence-corrected chi connectivity index (χ0v) is 19.6. The van der Waals surface area contributed by atoms with Crippen LogP contribution in [0.1, 0.15) is 22.3 Å². The number of fused-ring (bicyclic) bond motifs is 4. The van der Waals surface area contributed by atoms with Crippen molar-refractivity contribution in [2.24, 2.45) is 5.92 Å². The molecule has 0 bridgehead atoms. The van der Waals surface area contributed by atoms with Crippen molar-refractivity contribution in [3.63, 3.8) is 0 Å². The molecule has 1 fully saturated rings. The van der Waals surface area contributed by atoms with E-state index in [1.165, 1.54) is 22.3 Å². The van der Waals surface area contributed by atoms with Gasteiger partial charge in [-0.25, -0.2) is 0 Å². The third-order valence-electron chi connectivity index (χ3n) is 7.78. The summed E-state index contributed by atoms with van der Waals surface area (Å²) in [6.45, 7) is 0. The van der Waals surface area contributed by atoms with Gasteiger partial charge in [-0.3, -0.25) is 0 Å². The summed E-state index contributed by atoms with van der Waals surface area (Å²) < 4.78 is 0. The zero-order valence-electron chi connectivity index (χ0n) is 17.0. The zero-order chi connectivity index (χ0) is 20.7. The van der Waals surface area contributed by atoms with Crippen LogP contribution in [0.25, 0.3) is 5.31 Å². The van der Waals surface area contributed by atoms with Gasteiger partial charge in [-0.15, -0.1) is 0 Å². The molecule has 0 unspecified atom stereocenters. The second-order valence-electron chi connectivity index (χ2n) is 8.83. The van der Waals surface area contributed by atoms with E-state index in [4.69, 9.17) is 0 Å². The van der Waals surface area contributed by atoms with Crippen LogP contribution in [-0.2, 0) is 10.6 Å². The predicted octanol–water partition coefficient (Wildman–Crippen LogP) is 6.29. The molecule has 0 nitrogen and oxygen atoms in total. The Labute approximate surface area is 190 Å². The van der Waals surface area contributed by atoms with Crippen LogP contribution in [0.2, 0.25) is 0 Å². The van der Waals surface area contributed by atoms with E-state index in [0.717, 1.165) is 0 Å². The molecule has 1 saturated carbocycles. The molecule has 4 aromatic rings. The van der Waals surface area contributed by atoms with Crippen molar-refractivity contribution >= 4 is 31.2 Å². The monoisotopic (exact) mass is 480 g/mol. The quantitative estimate of drug-likeness (QED) is 0.239. The molecule has 4 aromatic carbocycles. The second kappa shape index (κ2) is 6.08. The number of hydrogen-bond acceptors (Lipinski definition) is 0. The van der Waals surface area contributed by atoms with Gasteiger partial charge in [0.25, 0.3) is 0 Å². The molecule has 0 amide bonds. The Morgan fingerprint density at radius 3 is 1.84 bits per heavy atom. The second-order valence-corrected chi connectivity index (χ2v) is 15.2. The van der Waals surface area contributed by atoms with Gasteiger partial charge in [-0.2, -0.15) is 0 Å². The van der Waals surface area contributed by atoms with Crippen molar-refractivity contribution in [2.45, 2.75) is 10.6 Å². The average molecular weight is 479 g/mol. The molecule has 0 aromatic heterocycles. The van der Waals surface area contributed by atoms with Crippen LogP contribution in [0.4, 0.5) is 0 Å². The molecule has 3 aliphatic rings. The molecule has 0 radical (unpaired) electrons. The Morgan fingerprint density at radius 2 is 1.16 bits per heavy atom. The first-order valence-corrected chi connectivity index (χ1v) is 14.9. The molecule has 2 heteroatoms. The van der Waals surface area contributed by atoms with Crippen molar-refractivity contribution in [1.29, 1.82) is 0 Å². The molecular formula is C29H21PSe. The maximum absolute atomic E-state index is 3.92. The van der Waals surface area contributed by atoms with E-state index >= 15 is 0 Å². The third-order valence-corrected chi connectivity index (χ3v) is 16.1. The number of benzene rings is 4. The summed E-state index contributed by atoms with van der Waals surface area (Å²) in [5, 5.41) is 3.15. The molecule has 7 rings (SSSR count). The molecule has 2 heterocycles. The number of rotatable bonds is 3. The van der Waals surface area contributed by atoms with Crippen LogP contribution in [0.3, 0.4) is 0 Å². The van der Waals surface area contributed by atoms with Crippen molar-refractivity contribution in [2.75, 3.05) is 0 Å². The Morgan fingerprint density at radius 1 is 0.613 bits per heavy atom. The van der Waals surface area contributed by atoms with Crippen LogP contribution in [-0.4, -0.2) is 15.1 Å². The predicted molar refractivity (Wildman–Crippen MR) is 132 cm³/mol. The van der Waals surface area contributed by atoms with Gasteiger partial charge in [-0.05, 0) is 0 Å². The Bertz CT molecular complexity index is 1410. The standard InChI is InChI=1S/C29H21PSe/c31-30-25-19-11-10-18-24(25)28(22-14-6-2-7-15-22)27(20-26(30)21-12-4-1-5-13-21)29(28,30)23-16-8-3-9-17-23/h1-20,27H/t27-,28+,29-,30+/m0/s1. The van der Waals surface area contributed by atoms with E-state index in [1.54, 1.807) is 10.6 Å². The average Bonchev–Trinajstić information content (AvgIpc) is 3.32. The van der Waals surface area contributed by atoms with Crippen molar-refractivity contribution in [3.8, 4) is 0 Å². The van der Waals surface area contributed by atoms with Gasteiger partial charge in [0, 0.05) is 0 Å². The van der Waals surface area contributed by atoms with E-state index in [1.807, 2.05) is 0 Å². The molecule has 148 valence electrons. The third kappa shape index (κ3) is 1.86. The summed E-state index contributed by atoms with van der Waals surface area (Å²) in [6, 6.07) is 42.9.